The molecule has 0 bridgehead atoms. The van der Waals surface area contributed by atoms with Gasteiger partial charge in [0.25, 0.3) is 0 Å². The van der Waals surface area contributed by atoms with Crippen molar-refractivity contribution in [3.05, 3.63) is 47.4 Å². The molecule has 0 spiro atoms. The lowest BCUT2D eigenvalue weighted by Crippen LogP contribution is -2.23. The first kappa shape index (κ1) is 16.9. The van der Waals surface area contributed by atoms with E-state index in [1.165, 1.54) is 44.2 Å². The summed E-state index contributed by atoms with van der Waals surface area (Å²) >= 11 is 0. The third-order valence-electron chi connectivity index (χ3n) is 6.10. The highest BCUT2D eigenvalue weighted by Crippen LogP contribution is 2.35. The number of aromatic amines is 1. The Morgan fingerprint density at radius 3 is 2.89 bits per heavy atom. The Balaban J connectivity index is 1.33. The van der Waals surface area contributed by atoms with Crippen molar-refractivity contribution in [2.24, 2.45) is 0 Å². The van der Waals surface area contributed by atoms with E-state index >= 15 is 0 Å². The fourth-order valence-corrected chi connectivity index (χ4v) is 4.68. The maximum atomic E-state index is 13.5. The molecule has 1 unspecified atom stereocenters. The van der Waals surface area contributed by atoms with Crippen LogP contribution >= 0.6 is 0 Å². The molecule has 3 heterocycles. The van der Waals surface area contributed by atoms with E-state index in [9.17, 15) is 4.39 Å². The largest absolute Gasteiger partial charge is 0.360 e. The summed E-state index contributed by atoms with van der Waals surface area (Å²) in [4.78, 5) is 10.4. The Morgan fingerprint density at radius 1 is 1.11 bits per heavy atom. The number of nitrogens with one attached hydrogen (secondary N) is 1. The molecule has 1 N–H and O–H groups in total. The number of hydrogen-bond donors (Lipinski definition) is 1. The van der Waals surface area contributed by atoms with E-state index in [1.807, 2.05) is 0 Å². The summed E-state index contributed by atoms with van der Waals surface area (Å²) in [5, 5.41) is 4.36. The highest BCUT2D eigenvalue weighted by molar-refractivity contribution is 5.75. The van der Waals surface area contributed by atoms with Crippen LogP contribution in [0.15, 0.2) is 28.8 Å². The minimum Gasteiger partial charge on any atom is -0.360 e. The van der Waals surface area contributed by atoms with E-state index in [-0.39, 0.29) is 11.9 Å². The second-order valence-electron chi connectivity index (χ2n) is 7.97. The molecule has 1 aliphatic carbocycles. The van der Waals surface area contributed by atoms with Gasteiger partial charge in [-0.2, -0.15) is 0 Å². The summed E-state index contributed by atoms with van der Waals surface area (Å²) in [6.45, 7) is 1.76. The average molecular weight is 368 g/mol. The zero-order valence-corrected chi connectivity index (χ0v) is 15.5. The summed E-state index contributed by atoms with van der Waals surface area (Å²) in [7, 11) is 0. The summed E-state index contributed by atoms with van der Waals surface area (Å²) in [6.07, 6.45) is 8.58. The predicted octanol–water partition coefficient (Wildman–Crippen LogP) is 5.07. The summed E-state index contributed by atoms with van der Waals surface area (Å²) < 4.78 is 19.1. The zero-order chi connectivity index (χ0) is 18.2. The van der Waals surface area contributed by atoms with E-state index < -0.39 is 0 Å². The molecule has 5 rings (SSSR count). The molecule has 2 fully saturated rings. The summed E-state index contributed by atoms with van der Waals surface area (Å²) in [5.74, 6) is 2.18. The topological polar surface area (TPSA) is 58.0 Å². The smallest absolute Gasteiger partial charge is 0.151 e. The van der Waals surface area contributed by atoms with Gasteiger partial charge in [-0.1, -0.05) is 24.4 Å². The molecule has 0 amide bonds. The number of fused-ring (bicyclic) bond motifs is 1. The SMILES string of the molecule is Fc1ccc2nc(C3CCCN3Cc3cc(C4CCCCC4)no3)[nH]c2c1. The quantitative estimate of drug-likeness (QED) is 0.698. The maximum absolute atomic E-state index is 13.5. The van der Waals surface area contributed by atoms with E-state index in [0.717, 1.165) is 54.2 Å². The van der Waals surface area contributed by atoms with E-state index in [1.54, 1.807) is 6.07 Å². The van der Waals surface area contributed by atoms with Crippen molar-refractivity contribution in [2.45, 2.75) is 63.5 Å². The molecule has 1 saturated heterocycles. The molecule has 0 radical (unpaired) electrons. The number of halogens is 1. The lowest BCUT2D eigenvalue weighted by atomic mass is 9.87. The van der Waals surface area contributed by atoms with Crippen molar-refractivity contribution in [1.29, 1.82) is 0 Å². The molecule has 27 heavy (non-hydrogen) atoms. The Kier molecular flexibility index (Phi) is 4.44. The van der Waals surface area contributed by atoms with Crippen LogP contribution < -0.4 is 0 Å². The van der Waals surface area contributed by atoms with Gasteiger partial charge in [-0.3, -0.25) is 4.90 Å². The molecule has 142 valence electrons. The number of aromatic nitrogens is 3. The first-order valence-electron chi connectivity index (χ1n) is 10.1. The third-order valence-corrected chi connectivity index (χ3v) is 6.10. The van der Waals surface area contributed by atoms with Gasteiger partial charge in [0, 0.05) is 12.0 Å². The second kappa shape index (κ2) is 7.08. The number of H-pyrrole nitrogens is 1. The van der Waals surface area contributed by atoms with Crippen LogP contribution in [0.4, 0.5) is 4.39 Å². The molecule has 5 nitrogen and oxygen atoms in total. The standard InChI is InChI=1S/C21H25FN4O/c22-15-8-9-17-19(11-15)24-21(23-17)20-7-4-10-26(20)13-16-12-18(25-27-16)14-5-2-1-3-6-14/h8-9,11-12,14,20H,1-7,10,13H2,(H,23,24). The Hall–Kier alpha value is -2.21. The van der Waals surface area contributed by atoms with Gasteiger partial charge in [0.1, 0.15) is 11.6 Å². The van der Waals surface area contributed by atoms with Gasteiger partial charge < -0.3 is 9.51 Å². The van der Waals surface area contributed by atoms with E-state index in [2.05, 4.69) is 21.1 Å². The van der Waals surface area contributed by atoms with Crippen molar-refractivity contribution in [1.82, 2.24) is 20.0 Å². The van der Waals surface area contributed by atoms with Gasteiger partial charge in [0.2, 0.25) is 0 Å². The molecule has 1 aromatic carbocycles. The van der Waals surface area contributed by atoms with Crippen LogP contribution in [0.25, 0.3) is 11.0 Å². The number of benzene rings is 1. The maximum Gasteiger partial charge on any atom is 0.151 e. The normalized spacial score (nSPS) is 22.0. The fraction of sp³-hybridized carbons (Fsp3) is 0.524. The lowest BCUT2D eigenvalue weighted by molar-refractivity contribution is 0.211. The molecule has 1 saturated carbocycles. The fourth-order valence-electron chi connectivity index (χ4n) is 4.68. The van der Waals surface area contributed by atoms with Crippen molar-refractivity contribution in [3.63, 3.8) is 0 Å². The van der Waals surface area contributed by atoms with Gasteiger partial charge in [0.05, 0.1) is 29.3 Å². The minimum absolute atomic E-state index is 0.212. The monoisotopic (exact) mass is 368 g/mol. The number of imidazole rings is 1. The number of rotatable bonds is 4. The summed E-state index contributed by atoms with van der Waals surface area (Å²) in [6, 6.07) is 7.07. The zero-order valence-electron chi connectivity index (χ0n) is 15.5. The van der Waals surface area contributed by atoms with Gasteiger partial charge in [-0.05, 0) is 50.4 Å². The first-order chi connectivity index (χ1) is 13.3. The number of likely N-dealkylation sites (tertiary alicyclic amines) is 1. The van der Waals surface area contributed by atoms with Gasteiger partial charge in [0.15, 0.2) is 5.76 Å². The summed E-state index contributed by atoms with van der Waals surface area (Å²) in [5.41, 5.74) is 2.70. The van der Waals surface area contributed by atoms with E-state index in [4.69, 9.17) is 9.51 Å². The Morgan fingerprint density at radius 2 is 2.00 bits per heavy atom. The van der Waals surface area contributed by atoms with Crippen LogP contribution in [-0.2, 0) is 6.54 Å². The van der Waals surface area contributed by atoms with Gasteiger partial charge in [-0.25, -0.2) is 9.37 Å². The van der Waals surface area contributed by atoms with Crippen molar-refractivity contribution < 1.29 is 8.91 Å². The van der Waals surface area contributed by atoms with Crippen LogP contribution in [0.3, 0.4) is 0 Å². The number of hydrogen-bond acceptors (Lipinski definition) is 4. The molecule has 2 aromatic heterocycles. The molecule has 1 atom stereocenters. The molecular weight excluding hydrogens is 343 g/mol. The Labute approximate surface area is 157 Å². The van der Waals surface area contributed by atoms with Crippen LogP contribution in [0.5, 0.6) is 0 Å². The van der Waals surface area contributed by atoms with Crippen molar-refractivity contribution in [3.8, 4) is 0 Å². The first-order valence-corrected chi connectivity index (χ1v) is 10.1. The van der Waals surface area contributed by atoms with Gasteiger partial charge >= 0.3 is 0 Å². The highest BCUT2D eigenvalue weighted by Gasteiger charge is 2.30. The van der Waals surface area contributed by atoms with E-state index in [0.29, 0.717) is 5.92 Å². The lowest BCUT2D eigenvalue weighted by Gasteiger charge is -2.21. The minimum atomic E-state index is -0.238. The van der Waals surface area contributed by atoms with Crippen LogP contribution in [-0.4, -0.2) is 26.6 Å². The third kappa shape index (κ3) is 3.38. The van der Waals surface area contributed by atoms with Crippen molar-refractivity contribution in [2.75, 3.05) is 6.54 Å². The highest BCUT2D eigenvalue weighted by atomic mass is 19.1. The average Bonchev–Trinajstić information content (AvgIpc) is 3.41. The number of nitrogens with zero attached hydrogens (tertiary/aromatic N) is 3. The van der Waals surface area contributed by atoms with Crippen molar-refractivity contribution >= 4 is 11.0 Å². The van der Waals surface area contributed by atoms with Crippen LogP contribution in [0, 0.1) is 5.82 Å². The molecule has 2 aliphatic rings. The molecule has 3 aromatic rings. The molecular formula is C21H25FN4O. The molecule has 1 aliphatic heterocycles. The predicted molar refractivity (Wildman–Crippen MR) is 101 cm³/mol. The Bertz CT molecular complexity index is 927. The van der Waals surface area contributed by atoms with Crippen LogP contribution in [0.1, 0.15) is 74.2 Å². The second-order valence-corrected chi connectivity index (χ2v) is 7.97. The van der Waals surface area contributed by atoms with Gasteiger partial charge in [-0.15, -0.1) is 0 Å². The molecule has 6 heteroatoms. The van der Waals surface area contributed by atoms with Crippen LogP contribution in [0.2, 0.25) is 0 Å².